The molecule has 1 fully saturated rings. The first kappa shape index (κ1) is 20.9. The summed E-state index contributed by atoms with van der Waals surface area (Å²) in [5, 5.41) is 12.1. The van der Waals surface area contributed by atoms with Gasteiger partial charge < -0.3 is 20.1 Å². The monoisotopic (exact) mass is 422 g/mol. The third-order valence-electron chi connectivity index (χ3n) is 6.51. The highest BCUT2D eigenvalue weighted by atomic mass is 16.5. The van der Waals surface area contributed by atoms with Crippen molar-refractivity contribution in [2.24, 2.45) is 0 Å². The highest BCUT2D eigenvalue weighted by Gasteiger charge is 2.55. The molecule has 0 saturated heterocycles. The van der Waals surface area contributed by atoms with Crippen LogP contribution in [0.4, 0.5) is 4.79 Å². The Hall–Kier alpha value is -3.35. The van der Waals surface area contributed by atoms with E-state index in [1.54, 1.807) is 0 Å². The van der Waals surface area contributed by atoms with Crippen molar-refractivity contribution in [3.05, 3.63) is 59.7 Å². The maximum absolute atomic E-state index is 12.9. The summed E-state index contributed by atoms with van der Waals surface area (Å²) in [4.78, 5) is 38.1. The smallest absolute Gasteiger partial charge is 0.408 e. The lowest BCUT2D eigenvalue weighted by Gasteiger charge is -2.34. The summed E-state index contributed by atoms with van der Waals surface area (Å²) < 4.78 is 5.54. The van der Waals surface area contributed by atoms with Gasteiger partial charge in [0.15, 0.2) is 0 Å². The summed E-state index contributed by atoms with van der Waals surface area (Å²) >= 11 is 0. The van der Waals surface area contributed by atoms with Gasteiger partial charge in [-0.2, -0.15) is 0 Å². The summed E-state index contributed by atoms with van der Waals surface area (Å²) in [6.45, 7) is 3.06. The number of likely N-dealkylation sites (N-methyl/N-ethyl adjacent to an activating group) is 1. The lowest BCUT2D eigenvalue weighted by atomic mass is 9.98. The van der Waals surface area contributed by atoms with E-state index in [0.29, 0.717) is 12.8 Å². The molecule has 2 aliphatic rings. The van der Waals surface area contributed by atoms with Crippen molar-refractivity contribution in [2.75, 3.05) is 13.7 Å². The summed E-state index contributed by atoms with van der Waals surface area (Å²) in [5.74, 6) is -1.61. The molecule has 0 unspecified atom stereocenters. The van der Waals surface area contributed by atoms with Crippen molar-refractivity contribution < 1.29 is 24.2 Å². The second-order valence-corrected chi connectivity index (χ2v) is 8.76. The zero-order chi connectivity index (χ0) is 22.4. The summed E-state index contributed by atoms with van der Waals surface area (Å²) in [7, 11) is 1.44. The Morgan fingerprint density at radius 2 is 1.58 bits per heavy atom. The minimum atomic E-state index is -1.38. The normalized spacial score (nSPS) is 16.1. The molecule has 0 atom stereocenters. The Bertz CT molecular complexity index is 1010. The van der Waals surface area contributed by atoms with Crippen LogP contribution in [0.15, 0.2) is 48.5 Å². The van der Waals surface area contributed by atoms with Gasteiger partial charge in [-0.1, -0.05) is 48.5 Å². The van der Waals surface area contributed by atoms with Crippen LogP contribution in [0.3, 0.4) is 0 Å². The molecular weight excluding hydrogens is 396 g/mol. The van der Waals surface area contributed by atoms with Gasteiger partial charge in [0.2, 0.25) is 5.91 Å². The number of carboxylic acids is 1. The lowest BCUT2D eigenvalue weighted by molar-refractivity contribution is -0.156. The lowest BCUT2D eigenvalue weighted by Crippen LogP contribution is -2.58. The van der Waals surface area contributed by atoms with E-state index in [4.69, 9.17) is 4.74 Å². The van der Waals surface area contributed by atoms with Gasteiger partial charge in [0.05, 0.1) is 0 Å². The molecular formula is C24H26N2O5. The minimum Gasteiger partial charge on any atom is -0.480 e. The molecule has 2 N–H and O–H groups in total. The van der Waals surface area contributed by atoms with Gasteiger partial charge in [-0.15, -0.1) is 0 Å². The molecule has 2 aromatic rings. The topological polar surface area (TPSA) is 95.9 Å². The number of alkyl carbamates (subject to hydrolysis) is 1. The number of rotatable bonds is 6. The van der Waals surface area contributed by atoms with Crippen LogP contribution in [0.5, 0.6) is 0 Å². The quantitative estimate of drug-likeness (QED) is 0.744. The maximum Gasteiger partial charge on any atom is 0.408 e. The van der Waals surface area contributed by atoms with Crippen LogP contribution in [0, 0.1) is 0 Å². The predicted octanol–water partition coefficient (Wildman–Crippen LogP) is 3.38. The standard InChI is InChI=1S/C24H26N2O5/c1-23(2,21(28)29)26(3)20(27)24(12-13-24)25-22(30)31-14-19-17-10-6-4-8-15(17)16-9-5-7-11-18(16)19/h4-11,19H,12-14H2,1-3H3,(H,25,30)(H,28,29). The van der Waals surface area contributed by atoms with E-state index in [1.165, 1.54) is 25.8 Å². The van der Waals surface area contributed by atoms with Crippen molar-refractivity contribution in [2.45, 2.75) is 43.7 Å². The van der Waals surface area contributed by atoms with E-state index in [0.717, 1.165) is 22.3 Å². The van der Waals surface area contributed by atoms with Crippen LogP contribution in [-0.2, 0) is 14.3 Å². The van der Waals surface area contributed by atoms with Crippen LogP contribution in [0.1, 0.15) is 43.7 Å². The first-order valence-electron chi connectivity index (χ1n) is 10.3. The molecule has 31 heavy (non-hydrogen) atoms. The van der Waals surface area contributed by atoms with Crippen LogP contribution in [-0.4, -0.2) is 52.7 Å². The van der Waals surface area contributed by atoms with Gasteiger partial charge in [-0.05, 0) is 48.9 Å². The number of fused-ring (bicyclic) bond motifs is 3. The molecule has 4 rings (SSSR count). The highest BCUT2D eigenvalue weighted by Crippen LogP contribution is 2.44. The number of carboxylic acid groups (broad SMARTS) is 1. The van der Waals surface area contributed by atoms with Crippen molar-refractivity contribution in [3.63, 3.8) is 0 Å². The molecule has 1 saturated carbocycles. The summed E-state index contributed by atoms with van der Waals surface area (Å²) in [5.41, 5.74) is 2.02. The highest BCUT2D eigenvalue weighted by molar-refractivity contribution is 5.96. The molecule has 0 spiro atoms. The van der Waals surface area contributed by atoms with Gasteiger partial charge in [-0.3, -0.25) is 4.79 Å². The van der Waals surface area contributed by atoms with E-state index < -0.39 is 29.0 Å². The van der Waals surface area contributed by atoms with Gasteiger partial charge in [0.25, 0.3) is 0 Å². The van der Waals surface area contributed by atoms with E-state index in [2.05, 4.69) is 17.4 Å². The number of hydrogen-bond donors (Lipinski definition) is 2. The van der Waals surface area contributed by atoms with Crippen molar-refractivity contribution in [1.82, 2.24) is 10.2 Å². The Labute approximate surface area is 181 Å². The van der Waals surface area contributed by atoms with Gasteiger partial charge >= 0.3 is 12.1 Å². The second kappa shape index (κ2) is 7.41. The number of carbonyl (C=O) groups is 3. The molecule has 0 radical (unpaired) electrons. The number of amides is 2. The molecule has 2 aliphatic carbocycles. The summed E-state index contributed by atoms with van der Waals surface area (Å²) in [6, 6.07) is 16.1. The number of hydrogen-bond acceptors (Lipinski definition) is 4. The summed E-state index contributed by atoms with van der Waals surface area (Å²) in [6.07, 6.45) is 0.237. The SMILES string of the molecule is CN(C(=O)C1(NC(=O)OCC2c3ccccc3-c3ccccc32)CC1)C(C)(C)C(=O)O. The predicted molar refractivity (Wildman–Crippen MR) is 115 cm³/mol. The average Bonchev–Trinajstić information content (AvgIpc) is 3.46. The van der Waals surface area contributed by atoms with Crippen molar-refractivity contribution in [1.29, 1.82) is 0 Å². The van der Waals surface area contributed by atoms with E-state index in [-0.39, 0.29) is 12.5 Å². The first-order chi connectivity index (χ1) is 14.7. The number of aliphatic carboxylic acids is 1. The molecule has 2 aromatic carbocycles. The molecule has 7 nitrogen and oxygen atoms in total. The number of ether oxygens (including phenoxy) is 1. The maximum atomic E-state index is 12.9. The van der Waals surface area contributed by atoms with E-state index >= 15 is 0 Å². The Kier molecular flexibility index (Phi) is 5.00. The third kappa shape index (κ3) is 3.54. The molecule has 7 heteroatoms. The molecule has 0 aliphatic heterocycles. The fourth-order valence-electron chi connectivity index (χ4n) is 4.07. The second-order valence-electron chi connectivity index (χ2n) is 8.76. The Morgan fingerprint density at radius 3 is 2.06 bits per heavy atom. The molecule has 162 valence electrons. The fourth-order valence-corrected chi connectivity index (χ4v) is 4.07. The van der Waals surface area contributed by atoms with Gasteiger partial charge in [0.1, 0.15) is 17.7 Å². The molecule has 0 heterocycles. The Morgan fingerprint density at radius 1 is 1.06 bits per heavy atom. The van der Waals surface area contributed by atoms with Crippen LogP contribution in [0.2, 0.25) is 0 Å². The van der Waals surface area contributed by atoms with Crippen LogP contribution in [0.25, 0.3) is 11.1 Å². The van der Waals surface area contributed by atoms with Crippen molar-refractivity contribution in [3.8, 4) is 11.1 Å². The van der Waals surface area contributed by atoms with Crippen LogP contribution >= 0.6 is 0 Å². The largest absolute Gasteiger partial charge is 0.480 e. The number of carbonyl (C=O) groups excluding carboxylic acids is 2. The number of nitrogens with one attached hydrogen (secondary N) is 1. The van der Waals surface area contributed by atoms with E-state index in [9.17, 15) is 19.5 Å². The third-order valence-corrected chi connectivity index (χ3v) is 6.51. The van der Waals surface area contributed by atoms with Crippen molar-refractivity contribution >= 4 is 18.0 Å². The zero-order valence-electron chi connectivity index (χ0n) is 17.8. The van der Waals surface area contributed by atoms with Gasteiger partial charge in [-0.25, -0.2) is 9.59 Å². The minimum absolute atomic E-state index is 0.0716. The fraction of sp³-hybridized carbons (Fsp3) is 0.375. The molecule has 0 bridgehead atoms. The number of benzene rings is 2. The molecule has 0 aromatic heterocycles. The first-order valence-corrected chi connectivity index (χ1v) is 10.3. The average molecular weight is 422 g/mol. The molecule has 2 amide bonds. The number of nitrogens with zero attached hydrogens (tertiary/aromatic N) is 1. The van der Waals surface area contributed by atoms with Crippen LogP contribution < -0.4 is 5.32 Å². The Balaban J connectivity index is 1.44. The zero-order valence-corrected chi connectivity index (χ0v) is 17.8. The van der Waals surface area contributed by atoms with E-state index in [1.807, 2.05) is 36.4 Å². The van der Waals surface area contributed by atoms with Gasteiger partial charge in [0, 0.05) is 13.0 Å².